The molecule has 2 bridgehead atoms. The van der Waals surface area contributed by atoms with E-state index in [2.05, 4.69) is 61.3 Å². The molecule has 4 rings (SSSR count). The molecule has 3 aliphatic rings. The van der Waals surface area contributed by atoms with Crippen molar-refractivity contribution in [2.75, 3.05) is 13.2 Å². The van der Waals surface area contributed by atoms with Crippen molar-refractivity contribution in [3.05, 3.63) is 56.2 Å². The zero-order valence-electron chi connectivity index (χ0n) is 21.1. The summed E-state index contributed by atoms with van der Waals surface area (Å²) in [6.45, 7) is 19.7. The van der Waals surface area contributed by atoms with E-state index >= 15 is 0 Å². The van der Waals surface area contributed by atoms with Gasteiger partial charge < -0.3 is 23.4 Å². The Kier molecular flexibility index (Phi) is 7.68. The molecule has 2 saturated heterocycles. The molecule has 1 aliphatic carbocycles. The van der Waals surface area contributed by atoms with Crippen LogP contribution in [-0.4, -0.2) is 63.4 Å². The molecule has 1 aromatic rings. The molecule has 0 radical (unpaired) electrons. The Morgan fingerprint density at radius 1 is 1.34 bits per heavy atom. The molecule has 1 aromatic heterocycles. The standard InChI is InChI=1S/C24H35N4O6P/c1-14(2)28(15(3)4)35(31-12-11-25-7)34-20-19-22(27-13-16(5)21(29)26-23(27)30)33-24(20)17(6)9-8-10-18(24)32-19/h8-9,13-15,17-20,22H,10-12H2,1-6H3,(H,26,29,30)/t17-,18+,19-,20+,22-,24+,35?/m1/s1. The van der Waals surface area contributed by atoms with Crippen LogP contribution in [0.4, 0.5) is 0 Å². The van der Waals surface area contributed by atoms with Crippen LogP contribution in [0.5, 0.6) is 0 Å². The fraction of sp³-hybridized carbons (Fsp3) is 0.708. The molecular formula is C24H35N4O6P. The monoisotopic (exact) mass is 506 g/mol. The maximum Gasteiger partial charge on any atom is 0.330 e. The quantitative estimate of drug-likeness (QED) is 0.238. The molecular weight excluding hydrogens is 471 g/mol. The summed E-state index contributed by atoms with van der Waals surface area (Å²) in [6.07, 6.45) is 4.35. The number of fused-ring (bicyclic) bond motifs is 1. The maximum atomic E-state index is 12.7. The zero-order chi connectivity index (χ0) is 25.5. The maximum absolute atomic E-state index is 12.7. The van der Waals surface area contributed by atoms with Gasteiger partial charge in [0.2, 0.25) is 6.54 Å². The number of ether oxygens (including phenoxy) is 2. The van der Waals surface area contributed by atoms with Gasteiger partial charge in [0.1, 0.15) is 24.4 Å². The summed E-state index contributed by atoms with van der Waals surface area (Å²) in [7, 11) is -1.54. The first-order valence-electron chi connectivity index (χ1n) is 12.1. The number of hydrogen-bond donors (Lipinski definition) is 1. The lowest BCUT2D eigenvalue weighted by atomic mass is 9.76. The summed E-state index contributed by atoms with van der Waals surface area (Å²) < 4.78 is 29.7. The second kappa shape index (κ2) is 10.3. The van der Waals surface area contributed by atoms with Gasteiger partial charge >= 0.3 is 5.69 Å². The number of nitrogens with zero attached hydrogens (tertiary/aromatic N) is 3. The number of H-pyrrole nitrogens is 1. The van der Waals surface area contributed by atoms with E-state index in [0.717, 1.165) is 0 Å². The van der Waals surface area contributed by atoms with Gasteiger partial charge in [0.15, 0.2) is 6.23 Å². The summed E-state index contributed by atoms with van der Waals surface area (Å²) in [5.41, 5.74) is -1.37. The third kappa shape index (κ3) is 4.55. The van der Waals surface area contributed by atoms with E-state index in [-0.39, 0.29) is 37.3 Å². The van der Waals surface area contributed by atoms with E-state index in [9.17, 15) is 9.59 Å². The molecule has 0 aromatic carbocycles. The highest BCUT2D eigenvalue weighted by Gasteiger charge is 2.70. The van der Waals surface area contributed by atoms with Gasteiger partial charge in [-0.05, 0) is 41.0 Å². The normalized spacial score (nSPS) is 32.4. The third-order valence-corrected chi connectivity index (χ3v) is 9.05. The van der Waals surface area contributed by atoms with Crippen LogP contribution in [0.2, 0.25) is 0 Å². The zero-order valence-corrected chi connectivity index (χ0v) is 22.0. The average Bonchev–Trinajstić information content (AvgIpc) is 3.26. The van der Waals surface area contributed by atoms with Gasteiger partial charge in [0, 0.05) is 29.8 Å². The van der Waals surface area contributed by atoms with Crippen LogP contribution < -0.4 is 11.2 Å². The molecule has 0 saturated carbocycles. The smallest absolute Gasteiger partial charge is 0.330 e. The third-order valence-electron chi connectivity index (χ3n) is 6.94. The highest BCUT2D eigenvalue weighted by molar-refractivity contribution is 7.44. The minimum absolute atomic E-state index is 0.0348. The van der Waals surface area contributed by atoms with Crippen molar-refractivity contribution in [1.29, 1.82) is 0 Å². The number of nitrogens with one attached hydrogen (secondary N) is 1. The highest BCUT2D eigenvalue weighted by Crippen LogP contribution is 2.60. The van der Waals surface area contributed by atoms with Gasteiger partial charge in [0.05, 0.1) is 6.10 Å². The number of aromatic amines is 1. The first-order chi connectivity index (χ1) is 16.6. The Labute approximate surface area is 207 Å². The van der Waals surface area contributed by atoms with E-state index in [0.29, 0.717) is 12.0 Å². The molecule has 192 valence electrons. The Morgan fingerprint density at radius 3 is 2.71 bits per heavy atom. The van der Waals surface area contributed by atoms with Crippen LogP contribution in [0.1, 0.15) is 52.8 Å². The molecule has 1 N–H and O–H groups in total. The lowest BCUT2D eigenvalue weighted by Crippen LogP contribution is -2.54. The Morgan fingerprint density at radius 2 is 2.06 bits per heavy atom. The van der Waals surface area contributed by atoms with E-state index in [1.54, 1.807) is 6.92 Å². The van der Waals surface area contributed by atoms with Gasteiger partial charge in [-0.1, -0.05) is 19.1 Å². The van der Waals surface area contributed by atoms with E-state index in [4.69, 9.17) is 25.1 Å². The summed E-state index contributed by atoms with van der Waals surface area (Å²) in [5, 5.41) is 0. The van der Waals surface area contributed by atoms with E-state index in [1.807, 2.05) is 0 Å². The minimum Gasteiger partial charge on any atom is -0.364 e. The van der Waals surface area contributed by atoms with E-state index in [1.165, 1.54) is 10.8 Å². The van der Waals surface area contributed by atoms with Crippen molar-refractivity contribution in [1.82, 2.24) is 14.2 Å². The van der Waals surface area contributed by atoms with Crippen LogP contribution >= 0.6 is 8.53 Å². The Balaban J connectivity index is 1.73. The van der Waals surface area contributed by atoms with Crippen LogP contribution in [0, 0.1) is 19.4 Å². The Bertz CT molecular complexity index is 1100. The molecule has 2 fully saturated rings. The molecule has 3 heterocycles. The van der Waals surface area contributed by atoms with Gasteiger partial charge in [-0.3, -0.25) is 14.3 Å². The van der Waals surface area contributed by atoms with Crippen LogP contribution in [0.3, 0.4) is 0 Å². The van der Waals surface area contributed by atoms with Crippen molar-refractivity contribution in [2.45, 2.75) is 90.2 Å². The molecule has 2 aliphatic heterocycles. The Hall–Kier alpha value is -1.86. The minimum atomic E-state index is -1.54. The summed E-state index contributed by atoms with van der Waals surface area (Å²) in [5.74, 6) is -0.0348. The van der Waals surface area contributed by atoms with E-state index < -0.39 is 43.8 Å². The van der Waals surface area contributed by atoms with Gasteiger partial charge in [-0.2, -0.15) is 0 Å². The summed E-state index contributed by atoms with van der Waals surface area (Å²) in [6, 6.07) is 0.291. The number of rotatable bonds is 9. The number of aromatic nitrogens is 2. The summed E-state index contributed by atoms with van der Waals surface area (Å²) >= 11 is 0. The summed E-state index contributed by atoms with van der Waals surface area (Å²) in [4.78, 5) is 30.5. The van der Waals surface area contributed by atoms with Gasteiger partial charge in [-0.25, -0.2) is 16.0 Å². The lowest BCUT2D eigenvalue weighted by Gasteiger charge is -2.44. The molecule has 0 amide bonds. The number of hydrogen-bond acceptors (Lipinski definition) is 7. The van der Waals surface area contributed by atoms with Gasteiger partial charge in [-0.15, -0.1) is 0 Å². The molecule has 35 heavy (non-hydrogen) atoms. The predicted molar refractivity (Wildman–Crippen MR) is 132 cm³/mol. The lowest BCUT2D eigenvalue weighted by molar-refractivity contribution is -0.225. The molecule has 7 atom stereocenters. The van der Waals surface area contributed by atoms with Crippen molar-refractivity contribution in [3.8, 4) is 0 Å². The van der Waals surface area contributed by atoms with Crippen molar-refractivity contribution < 1.29 is 18.5 Å². The molecule has 1 unspecified atom stereocenters. The fourth-order valence-corrected chi connectivity index (χ4v) is 7.19. The van der Waals surface area contributed by atoms with Crippen molar-refractivity contribution >= 4 is 8.53 Å². The highest BCUT2D eigenvalue weighted by atomic mass is 31.2. The SMILES string of the molecule is [C-]#[N+]CCOP(O[C@H]1[C@H]2O[C@H]3CC=C[C@@H](C)[C@]31O[C@H]2n1cc(C)c(=O)[nH]c1=O)N(C(C)C)C(C)C. The largest absolute Gasteiger partial charge is 0.364 e. The first-order valence-corrected chi connectivity index (χ1v) is 13.3. The van der Waals surface area contributed by atoms with Crippen LogP contribution in [0.25, 0.3) is 4.85 Å². The second-order valence-electron chi connectivity index (χ2n) is 9.93. The fourth-order valence-electron chi connectivity index (χ4n) is 5.42. The average molecular weight is 507 g/mol. The van der Waals surface area contributed by atoms with Crippen molar-refractivity contribution in [3.63, 3.8) is 0 Å². The molecule has 1 spiro atoms. The molecule has 10 nitrogen and oxygen atoms in total. The van der Waals surface area contributed by atoms with Crippen LogP contribution in [-0.2, 0) is 18.5 Å². The van der Waals surface area contributed by atoms with Crippen molar-refractivity contribution in [2.24, 2.45) is 5.92 Å². The molecule has 11 heteroatoms. The predicted octanol–water partition coefficient (Wildman–Crippen LogP) is 3.14. The number of aryl methyl sites for hydroxylation is 1. The van der Waals surface area contributed by atoms with Gasteiger partial charge in [0.25, 0.3) is 14.1 Å². The topological polar surface area (TPSA) is 99.4 Å². The second-order valence-corrected chi connectivity index (χ2v) is 11.3. The van der Waals surface area contributed by atoms with Crippen LogP contribution in [0.15, 0.2) is 27.9 Å². The first kappa shape index (κ1) is 26.2.